The zero-order valence-electron chi connectivity index (χ0n) is 10.6. The summed E-state index contributed by atoms with van der Waals surface area (Å²) in [5, 5.41) is 12.0. The van der Waals surface area contributed by atoms with Crippen molar-refractivity contribution in [1.82, 2.24) is 4.90 Å². The first kappa shape index (κ1) is 16.0. The molecule has 5 nitrogen and oxygen atoms in total. The molecule has 0 aliphatic rings. The van der Waals surface area contributed by atoms with E-state index >= 15 is 0 Å². The normalized spacial score (nSPS) is 11.7. The van der Waals surface area contributed by atoms with Gasteiger partial charge in [0.05, 0.1) is 12.1 Å². The van der Waals surface area contributed by atoms with Crippen molar-refractivity contribution in [3.63, 3.8) is 0 Å². The average Bonchev–Trinajstić information content (AvgIpc) is 2.37. The van der Waals surface area contributed by atoms with Crippen LogP contribution in [0.2, 0.25) is 5.02 Å². The molecule has 0 aromatic heterocycles. The lowest BCUT2D eigenvalue weighted by Crippen LogP contribution is -2.43. The van der Waals surface area contributed by atoms with Crippen LogP contribution in [-0.4, -0.2) is 34.4 Å². The van der Waals surface area contributed by atoms with Gasteiger partial charge in [-0.3, -0.25) is 4.79 Å². The number of benzene rings is 1. The Hall–Kier alpha value is -1.02. The molecule has 0 spiro atoms. The molecule has 0 atom stereocenters. The standard InChI is InChI=1S/C12H15ClIN3O2/c1-7(2)17(6-11(15)16-19)12(18)9-5-8(13)3-4-10(9)14/h3-5,7,19H,6H2,1-2H3,(H2,15,16). The van der Waals surface area contributed by atoms with Crippen LogP contribution >= 0.6 is 34.2 Å². The number of oxime groups is 1. The number of nitrogens with zero attached hydrogens (tertiary/aromatic N) is 2. The number of hydrogen-bond donors (Lipinski definition) is 2. The number of hydrogen-bond acceptors (Lipinski definition) is 3. The molecule has 104 valence electrons. The highest BCUT2D eigenvalue weighted by atomic mass is 127. The van der Waals surface area contributed by atoms with Crippen molar-refractivity contribution >= 4 is 45.9 Å². The van der Waals surface area contributed by atoms with E-state index in [1.54, 1.807) is 18.2 Å². The van der Waals surface area contributed by atoms with Crippen molar-refractivity contribution < 1.29 is 10.0 Å². The molecule has 1 rings (SSSR count). The maximum absolute atomic E-state index is 12.5. The second kappa shape index (κ2) is 6.95. The van der Waals surface area contributed by atoms with Gasteiger partial charge in [-0.1, -0.05) is 16.8 Å². The number of amidine groups is 1. The minimum atomic E-state index is -0.200. The molecule has 1 aromatic rings. The van der Waals surface area contributed by atoms with Crippen LogP contribution in [0.4, 0.5) is 0 Å². The molecule has 0 aliphatic heterocycles. The Balaban J connectivity index is 3.09. The Labute approximate surface area is 130 Å². The quantitative estimate of drug-likeness (QED) is 0.270. The van der Waals surface area contributed by atoms with E-state index in [-0.39, 0.29) is 24.3 Å². The van der Waals surface area contributed by atoms with Gasteiger partial charge >= 0.3 is 0 Å². The molecule has 7 heteroatoms. The summed E-state index contributed by atoms with van der Waals surface area (Å²) in [6.07, 6.45) is 0. The number of halogens is 2. The molecule has 0 saturated heterocycles. The first-order valence-corrected chi connectivity index (χ1v) is 7.05. The van der Waals surface area contributed by atoms with E-state index in [1.807, 2.05) is 13.8 Å². The van der Waals surface area contributed by atoms with E-state index in [0.717, 1.165) is 3.57 Å². The Morgan fingerprint density at radius 2 is 2.21 bits per heavy atom. The number of rotatable bonds is 4. The highest BCUT2D eigenvalue weighted by Crippen LogP contribution is 2.20. The Morgan fingerprint density at radius 3 is 2.74 bits per heavy atom. The monoisotopic (exact) mass is 395 g/mol. The first-order valence-electron chi connectivity index (χ1n) is 5.59. The van der Waals surface area contributed by atoms with Crippen molar-refractivity contribution in [3.8, 4) is 0 Å². The molecule has 0 unspecified atom stereocenters. The van der Waals surface area contributed by atoms with Crippen molar-refractivity contribution in [2.75, 3.05) is 6.54 Å². The minimum Gasteiger partial charge on any atom is -0.409 e. The van der Waals surface area contributed by atoms with Gasteiger partial charge in [0.2, 0.25) is 0 Å². The highest BCUT2D eigenvalue weighted by molar-refractivity contribution is 14.1. The average molecular weight is 396 g/mol. The van der Waals surface area contributed by atoms with Crippen LogP contribution in [0.1, 0.15) is 24.2 Å². The van der Waals surface area contributed by atoms with Crippen LogP contribution < -0.4 is 5.73 Å². The molecule has 0 radical (unpaired) electrons. The van der Waals surface area contributed by atoms with Gasteiger partial charge in [0.15, 0.2) is 5.84 Å². The highest BCUT2D eigenvalue weighted by Gasteiger charge is 2.22. The molecule has 0 aliphatic carbocycles. The van der Waals surface area contributed by atoms with Crippen LogP contribution in [0, 0.1) is 3.57 Å². The van der Waals surface area contributed by atoms with Crippen LogP contribution in [-0.2, 0) is 0 Å². The topological polar surface area (TPSA) is 78.9 Å². The molecule has 0 saturated carbocycles. The van der Waals surface area contributed by atoms with Crippen molar-refractivity contribution in [2.45, 2.75) is 19.9 Å². The fourth-order valence-corrected chi connectivity index (χ4v) is 2.25. The van der Waals surface area contributed by atoms with E-state index in [4.69, 9.17) is 22.5 Å². The van der Waals surface area contributed by atoms with Gasteiger partial charge < -0.3 is 15.8 Å². The molecule has 0 bridgehead atoms. The van der Waals surface area contributed by atoms with Crippen molar-refractivity contribution in [2.24, 2.45) is 10.9 Å². The zero-order chi connectivity index (χ0) is 14.6. The van der Waals surface area contributed by atoms with Crippen LogP contribution in [0.25, 0.3) is 0 Å². The molecule has 0 fully saturated rings. The molecule has 1 amide bonds. The number of carbonyl (C=O) groups is 1. The molecule has 3 N–H and O–H groups in total. The smallest absolute Gasteiger partial charge is 0.255 e. The number of carbonyl (C=O) groups excluding carboxylic acids is 1. The van der Waals surface area contributed by atoms with Crippen LogP contribution in [0.5, 0.6) is 0 Å². The van der Waals surface area contributed by atoms with Gasteiger partial charge in [-0.05, 0) is 54.6 Å². The molecular formula is C12H15ClIN3O2. The number of amides is 1. The number of nitrogens with two attached hydrogens (primary N) is 1. The fraction of sp³-hybridized carbons (Fsp3) is 0.333. The second-order valence-corrected chi connectivity index (χ2v) is 5.84. The summed E-state index contributed by atoms with van der Waals surface area (Å²) in [7, 11) is 0. The van der Waals surface area contributed by atoms with Crippen molar-refractivity contribution in [1.29, 1.82) is 0 Å². The Bertz CT molecular complexity index is 506. The first-order chi connectivity index (χ1) is 8.86. The third-order valence-corrected chi connectivity index (χ3v) is 3.68. The van der Waals surface area contributed by atoms with Gasteiger partial charge in [0.25, 0.3) is 5.91 Å². The van der Waals surface area contributed by atoms with E-state index in [9.17, 15) is 4.79 Å². The lowest BCUT2D eigenvalue weighted by molar-refractivity contribution is 0.0733. The molecule has 1 aromatic carbocycles. The molecule has 19 heavy (non-hydrogen) atoms. The summed E-state index contributed by atoms with van der Waals surface area (Å²) >= 11 is 7.99. The lowest BCUT2D eigenvalue weighted by atomic mass is 10.1. The van der Waals surface area contributed by atoms with Crippen molar-refractivity contribution in [3.05, 3.63) is 32.4 Å². The minimum absolute atomic E-state index is 0.0147. The third-order valence-electron chi connectivity index (χ3n) is 2.50. The second-order valence-electron chi connectivity index (χ2n) is 4.24. The largest absolute Gasteiger partial charge is 0.409 e. The van der Waals surface area contributed by atoms with Gasteiger partial charge in [-0.2, -0.15) is 0 Å². The van der Waals surface area contributed by atoms with Gasteiger partial charge in [-0.15, -0.1) is 0 Å². The lowest BCUT2D eigenvalue weighted by Gasteiger charge is -2.26. The van der Waals surface area contributed by atoms with Gasteiger partial charge in [0.1, 0.15) is 0 Å². The predicted octanol–water partition coefficient (Wildman–Crippen LogP) is 2.54. The maximum Gasteiger partial charge on any atom is 0.255 e. The van der Waals surface area contributed by atoms with Gasteiger partial charge in [-0.25, -0.2) is 0 Å². The van der Waals surface area contributed by atoms with E-state index < -0.39 is 0 Å². The zero-order valence-corrected chi connectivity index (χ0v) is 13.5. The van der Waals surface area contributed by atoms with E-state index in [0.29, 0.717) is 10.6 Å². The molecular weight excluding hydrogens is 381 g/mol. The summed E-state index contributed by atoms with van der Waals surface area (Å²) in [5.41, 5.74) is 5.98. The fourth-order valence-electron chi connectivity index (χ4n) is 1.51. The van der Waals surface area contributed by atoms with E-state index in [2.05, 4.69) is 27.7 Å². The predicted molar refractivity (Wildman–Crippen MR) is 83.8 cm³/mol. The van der Waals surface area contributed by atoms with Crippen LogP contribution in [0.15, 0.2) is 23.4 Å². The maximum atomic E-state index is 12.5. The Kier molecular flexibility index (Phi) is 5.86. The summed E-state index contributed by atoms with van der Waals surface area (Å²) in [5.74, 6) is -0.215. The summed E-state index contributed by atoms with van der Waals surface area (Å²) in [4.78, 5) is 14.0. The van der Waals surface area contributed by atoms with Crippen LogP contribution in [0.3, 0.4) is 0 Å². The molecule has 0 heterocycles. The van der Waals surface area contributed by atoms with Gasteiger partial charge in [0, 0.05) is 14.6 Å². The summed E-state index contributed by atoms with van der Waals surface area (Å²) < 4.78 is 0.803. The SMILES string of the molecule is CC(C)N(C/C(N)=N/O)C(=O)c1cc(Cl)ccc1I. The Morgan fingerprint density at radius 1 is 1.58 bits per heavy atom. The summed E-state index contributed by atoms with van der Waals surface area (Å²) in [6, 6.07) is 5.04. The summed E-state index contributed by atoms with van der Waals surface area (Å²) in [6.45, 7) is 3.79. The third kappa shape index (κ3) is 4.24. The van der Waals surface area contributed by atoms with E-state index in [1.165, 1.54) is 4.90 Å².